The van der Waals surface area contributed by atoms with Gasteiger partial charge in [-0.2, -0.15) is 5.48 Å². The smallest absolute Gasteiger partial charge is 0.340 e. The van der Waals surface area contributed by atoms with Gasteiger partial charge in [-0.3, -0.25) is 9.59 Å². The fourth-order valence-corrected chi connectivity index (χ4v) is 1.46. The Balaban J connectivity index is 0.00000324. The van der Waals surface area contributed by atoms with Gasteiger partial charge >= 0.3 is 5.97 Å². The highest BCUT2D eigenvalue weighted by Gasteiger charge is 2.27. The molecule has 6 heteroatoms. The molecule has 104 valence electrons. The normalized spacial score (nSPS) is 10.8. The van der Waals surface area contributed by atoms with E-state index in [4.69, 9.17) is 0 Å². The highest BCUT2D eigenvalue weighted by molar-refractivity contribution is 8.93. The lowest BCUT2D eigenvalue weighted by Crippen LogP contribution is -2.32. The van der Waals surface area contributed by atoms with Crippen LogP contribution in [0, 0.1) is 5.92 Å². The van der Waals surface area contributed by atoms with Crippen molar-refractivity contribution >= 4 is 34.6 Å². The van der Waals surface area contributed by atoms with Crippen molar-refractivity contribution in [2.24, 2.45) is 5.92 Å². The lowest BCUT2D eigenvalue weighted by atomic mass is 9.95. The first-order valence-electron chi connectivity index (χ1n) is 5.62. The predicted molar refractivity (Wildman–Crippen MR) is 74.8 cm³/mol. The molecule has 0 bridgehead atoms. The van der Waals surface area contributed by atoms with Crippen LogP contribution in [0.3, 0.4) is 0 Å². The average Bonchev–Trinajstić information content (AvgIpc) is 2.38. The zero-order valence-corrected chi connectivity index (χ0v) is 12.4. The number of hydrogen-bond acceptors (Lipinski definition) is 4. The van der Waals surface area contributed by atoms with Gasteiger partial charge in [0.15, 0.2) is 5.78 Å². The van der Waals surface area contributed by atoms with Crippen molar-refractivity contribution in [2.75, 3.05) is 0 Å². The number of carbonyl (C=O) groups is 3. The summed E-state index contributed by atoms with van der Waals surface area (Å²) in [6.45, 7) is 2.92. The molecule has 1 atom stereocenters. The van der Waals surface area contributed by atoms with E-state index in [-0.39, 0.29) is 22.8 Å². The van der Waals surface area contributed by atoms with Crippen LogP contribution in [-0.2, 0) is 14.4 Å². The molecule has 0 aliphatic rings. The Morgan fingerprint density at radius 3 is 2.26 bits per heavy atom. The minimum absolute atomic E-state index is 0. The average molecular weight is 330 g/mol. The Morgan fingerprint density at radius 1 is 1.21 bits per heavy atom. The second-order valence-corrected chi connectivity index (χ2v) is 3.77. The third-order valence-corrected chi connectivity index (χ3v) is 2.36. The number of hydroxylamine groups is 1. The van der Waals surface area contributed by atoms with Gasteiger partial charge in [-0.25, -0.2) is 4.79 Å². The number of amides is 1. The SMILES string of the molecule is Br.CCC(C(=O)ONC(C)=O)C(=O)c1ccccc1. The summed E-state index contributed by atoms with van der Waals surface area (Å²) in [4.78, 5) is 38.8. The van der Waals surface area contributed by atoms with E-state index >= 15 is 0 Å². The Labute approximate surface area is 122 Å². The maximum atomic E-state index is 12.0. The molecule has 5 nitrogen and oxygen atoms in total. The number of Topliss-reactive ketones (excluding diaryl/α,β-unsaturated/α-hetero) is 1. The van der Waals surface area contributed by atoms with Gasteiger partial charge in [-0.05, 0) is 6.42 Å². The van der Waals surface area contributed by atoms with Crippen LogP contribution >= 0.6 is 17.0 Å². The van der Waals surface area contributed by atoms with E-state index in [0.717, 1.165) is 0 Å². The molecule has 0 spiro atoms. The first kappa shape index (κ1) is 17.3. The van der Waals surface area contributed by atoms with Crippen molar-refractivity contribution in [2.45, 2.75) is 20.3 Å². The molecule has 1 aromatic rings. The topological polar surface area (TPSA) is 72.5 Å². The lowest BCUT2D eigenvalue weighted by Gasteiger charge is -2.12. The molecule has 0 heterocycles. The maximum absolute atomic E-state index is 12.0. The summed E-state index contributed by atoms with van der Waals surface area (Å²) in [6.07, 6.45) is 0.312. The van der Waals surface area contributed by atoms with Crippen molar-refractivity contribution < 1.29 is 19.2 Å². The fraction of sp³-hybridized carbons (Fsp3) is 0.308. The Bertz CT molecular complexity index is 447. The van der Waals surface area contributed by atoms with Crippen LogP contribution in [0.15, 0.2) is 30.3 Å². The molecule has 0 saturated heterocycles. The summed E-state index contributed by atoms with van der Waals surface area (Å²) in [5.74, 6) is -2.46. The van der Waals surface area contributed by atoms with Crippen LogP contribution in [-0.4, -0.2) is 17.7 Å². The summed E-state index contributed by atoms with van der Waals surface area (Å²) >= 11 is 0. The standard InChI is InChI=1S/C13H15NO4.BrH/c1-3-11(13(17)18-14-9(2)15)12(16)10-7-5-4-6-8-10;/h4-8,11H,3H2,1-2H3,(H,14,15);1H. The molecule has 0 fully saturated rings. The highest BCUT2D eigenvalue weighted by atomic mass is 79.9. The molecular weight excluding hydrogens is 314 g/mol. The van der Waals surface area contributed by atoms with Crippen LogP contribution in [0.2, 0.25) is 0 Å². The van der Waals surface area contributed by atoms with E-state index in [1.54, 1.807) is 37.3 Å². The molecule has 1 unspecified atom stereocenters. The third-order valence-electron chi connectivity index (χ3n) is 2.36. The summed E-state index contributed by atoms with van der Waals surface area (Å²) in [6, 6.07) is 8.50. The molecule has 0 aromatic heterocycles. The van der Waals surface area contributed by atoms with Crippen LogP contribution in [0.4, 0.5) is 0 Å². The quantitative estimate of drug-likeness (QED) is 0.521. The van der Waals surface area contributed by atoms with Crippen molar-refractivity contribution in [3.8, 4) is 0 Å². The molecule has 0 saturated carbocycles. The maximum Gasteiger partial charge on any atom is 0.343 e. The van der Waals surface area contributed by atoms with Crippen molar-refractivity contribution in [1.29, 1.82) is 0 Å². The molecule has 0 aliphatic heterocycles. The Morgan fingerprint density at radius 2 is 1.79 bits per heavy atom. The van der Waals surface area contributed by atoms with Gasteiger partial charge in [0.2, 0.25) is 5.91 Å². The van der Waals surface area contributed by atoms with Gasteiger partial charge in [-0.15, -0.1) is 17.0 Å². The number of nitrogens with one attached hydrogen (secondary N) is 1. The van der Waals surface area contributed by atoms with Crippen LogP contribution in [0.5, 0.6) is 0 Å². The minimum Gasteiger partial charge on any atom is -0.340 e. The summed E-state index contributed by atoms with van der Waals surface area (Å²) < 4.78 is 0. The fourth-order valence-electron chi connectivity index (χ4n) is 1.46. The first-order valence-corrected chi connectivity index (χ1v) is 5.62. The molecule has 19 heavy (non-hydrogen) atoms. The second kappa shape index (κ2) is 8.42. The van der Waals surface area contributed by atoms with Gasteiger partial charge in [0.25, 0.3) is 0 Å². The van der Waals surface area contributed by atoms with E-state index in [0.29, 0.717) is 12.0 Å². The number of carbonyl (C=O) groups excluding carboxylic acids is 3. The summed E-state index contributed by atoms with van der Waals surface area (Å²) in [5.41, 5.74) is 2.37. The molecule has 1 rings (SSSR count). The molecule has 0 radical (unpaired) electrons. The van der Waals surface area contributed by atoms with Crippen molar-refractivity contribution in [3.63, 3.8) is 0 Å². The number of rotatable bonds is 4. The Hall–Kier alpha value is -1.69. The van der Waals surface area contributed by atoms with Crippen LogP contribution in [0.1, 0.15) is 30.6 Å². The van der Waals surface area contributed by atoms with Crippen molar-refractivity contribution in [1.82, 2.24) is 5.48 Å². The summed E-state index contributed by atoms with van der Waals surface area (Å²) in [5, 5.41) is 0. The number of hydrogen-bond donors (Lipinski definition) is 1. The number of ketones is 1. The van der Waals surface area contributed by atoms with Gasteiger partial charge in [0, 0.05) is 12.5 Å². The zero-order valence-electron chi connectivity index (χ0n) is 10.7. The van der Waals surface area contributed by atoms with Crippen LogP contribution in [0.25, 0.3) is 0 Å². The highest BCUT2D eigenvalue weighted by Crippen LogP contribution is 2.13. The molecule has 1 N–H and O–H groups in total. The van der Waals surface area contributed by atoms with E-state index in [2.05, 4.69) is 4.84 Å². The molecule has 0 aliphatic carbocycles. The van der Waals surface area contributed by atoms with E-state index in [9.17, 15) is 14.4 Å². The summed E-state index contributed by atoms with van der Waals surface area (Å²) in [7, 11) is 0. The lowest BCUT2D eigenvalue weighted by molar-refractivity contribution is -0.160. The number of benzene rings is 1. The largest absolute Gasteiger partial charge is 0.343 e. The van der Waals surface area contributed by atoms with E-state index in [1.165, 1.54) is 6.92 Å². The zero-order chi connectivity index (χ0) is 13.5. The molecule has 1 amide bonds. The monoisotopic (exact) mass is 329 g/mol. The second-order valence-electron chi connectivity index (χ2n) is 3.77. The number of halogens is 1. The van der Waals surface area contributed by atoms with Gasteiger partial charge < -0.3 is 4.84 Å². The minimum atomic E-state index is -0.903. The molecular formula is C13H16BrNO4. The van der Waals surface area contributed by atoms with Crippen molar-refractivity contribution in [3.05, 3.63) is 35.9 Å². The van der Waals surface area contributed by atoms with Gasteiger partial charge in [0.05, 0.1) is 0 Å². The Kier molecular flexibility index (Phi) is 7.67. The molecule has 1 aromatic carbocycles. The van der Waals surface area contributed by atoms with E-state index in [1.807, 2.05) is 5.48 Å². The third kappa shape index (κ3) is 5.21. The predicted octanol–water partition coefficient (Wildman–Crippen LogP) is 2.07. The van der Waals surface area contributed by atoms with Gasteiger partial charge in [0.1, 0.15) is 5.92 Å². The first-order chi connectivity index (χ1) is 8.56. The van der Waals surface area contributed by atoms with Crippen LogP contribution < -0.4 is 5.48 Å². The van der Waals surface area contributed by atoms with E-state index < -0.39 is 17.8 Å². The van der Waals surface area contributed by atoms with Gasteiger partial charge in [-0.1, -0.05) is 37.3 Å².